The number of aliphatic hydroxyl groups excluding tert-OH is 1. The molecule has 6 heteroatoms. The molecule has 0 spiro atoms. The quantitative estimate of drug-likeness (QED) is 0.240. The minimum Gasteiger partial charge on any atom is -0.502 e. The Kier molecular flexibility index (Phi) is 14.6. The van der Waals surface area contributed by atoms with Gasteiger partial charge in [0.2, 0.25) is 0 Å². The molecule has 0 aliphatic carbocycles. The summed E-state index contributed by atoms with van der Waals surface area (Å²) < 4.78 is 17.6. The molecule has 0 rings (SSSR count). The highest BCUT2D eigenvalue weighted by molar-refractivity contribution is 7.80. The van der Waals surface area contributed by atoms with Crippen LogP contribution >= 0.6 is 12.2 Å². The Morgan fingerprint density at radius 3 is 1.59 bits per heavy atom. The Bertz CT molecular complexity index is 260. The van der Waals surface area contributed by atoms with E-state index in [1.807, 2.05) is 20.8 Å². The Labute approximate surface area is 142 Å². The molecule has 0 saturated heterocycles. The molecule has 0 aliphatic heterocycles. The van der Waals surface area contributed by atoms with Crippen molar-refractivity contribution < 1.29 is 18.4 Å². The SMILES string of the molecule is CCO[Si](CCCCCCCCCC(O)=S)(OCC)OCC. The van der Waals surface area contributed by atoms with Crippen LogP contribution in [-0.4, -0.2) is 38.8 Å². The molecule has 0 heterocycles. The van der Waals surface area contributed by atoms with Crippen LogP contribution in [0.4, 0.5) is 0 Å². The lowest BCUT2D eigenvalue weighted by atomic mass is 10.1. The second kappa shape index (κ2) is 14.6. The molecule has 0 aromatic heterocycles. The van der Waals surface area contributed by atoms with Crippen LogP contribution in [0.15, 0.2) is 0 Å². The van der Waals surface area contributed by atoms with Crippen LogP contribution in [0.2, 0.25) is 6.04 Å². The molecular formula is C16H34O4SSi. The van der Waals surface area contributed by atoms with Crippen LogP contribution in [0.25, 0.3) is 0 Å². The topological polar surface area (TPSA) is 47.9 Å². The smallest absolute Gasteiger partial charge is 0.500 e. The Morgan fingerprint density at radius 2 is 1.18 bits per heavy atom. The molecule has 0 fully saturated rings. The van der Waals surface area contributed by atoms with Gasteiger partial charge >= 0.3 is 8.80 Å². The van der Waals surface area contributed by atoms with E-state index in [2.05, 4.69) is 12.2 Å². The van der Waals surface area contributed by atoms with Crippen molar-refractivity contribution >= 4 is 26.1 Å². The van der Waals surface area contributed by atoms with Gasteiger partial charge < -0.3 is 18.4 Å². The third kappa shape index (κ3) is 11.5. The van der Waals surface area contributed by atoms with Crippen LogP contribution in [0, 0.1) is 0 Å². The average Bonchev–Trinajstić information content (AvgIpc) is 2.46. The lowest BCUT2D eigenvalue weighted by Gasteiger charge is -2.28. The fourth-order valence-electron chi connectivity index (χ4n) is 2.50. The van der Waals surface area contributed by atoms with Crippen molar-refractivity contribution in [3.05, 3.63) is 0 Å². The third-order valence-electron chi connectivity index (χ3n) is 3.47. The van der Waals surface area contributed by atoms with Gasteiger partial charge in [0.25, 0.3) is 0 Å². The fraction of sp³-hybridized carbons (Fsp3) is 0.938. The van der Waals surface area contributed by atoms with Crippen molar-refractivity contribution in [3.8, 4) is 0 Å². The predicted molar refractivity (Wildman–Crippen MR) is 97.6 cm³/mol. The number of thiocarbonyl (C=S) groups is 1. The zero-order chi connectivity index (χ0) is 16.7. The van der Waals surface area contributed by atoms with Gasteiger partial charge in [0.05, 0.1) is 0 Å². The first-order chi connectivity index (χ1) is 10.6. The lowest BCUT2D eigenvalue weighted by Crippen LogP contribution is -2.45. The Balaban J connectivity index is 3.77. The lowest BCUT2D eigenvalue weighted by molar-refractivity contribution is 0.0706. The van der Waals surface area contributed by atoms with Gasteiger partial charge in [-0.15, -0.1) is 0 Å². The summed E-state index contributed by atoms with van der Waals surface area (Å²) in [5.41, 5.74) is 0. The molecule has 22 heavy (non-hydrogen) atoms. The van der Waals surface area contributed by atoms with E-state index in [-0.39, 0.29) is 5.05 Å². The molecule has 0 aromatic carbocycles. The minimum absolute atomic E-state index is 0.143. The second-order valence-corrected chi connectivity index (χ2v) is 8.55. The van der Waals surface area contributed by atoms with Crippen molar-refractivity contribution in [2.45, 2.75) is 78.2 Å². The second-order valence-electron chi connectivity index (χ2n) is 5.35. The highest BCUT2D eigenvalue weighted by atomic mass is 32.1. The largest absolute Gasteiger partial charge is 0.502 e. The summed E-state index contributed by atoms with van der Waals surface area (Å²) in [5, 5.41) is 9.07. The van der Waals surface area contributed by atoms with Gasteiger partial charge in [-0.1, -0.05) is 32.1 Å². The monoisotopic (exact) mass is 350 g/mol. The van der Waals surface area contributed by atoms with E-state index < -0.39 is 8.80 Å². The van der Waals surface area contributed by atoms with Gasteiger partial charge in [-0.3, -0.25) is 0 Å². The van der Waals surface area contributed by atoms with Crippen molar-refractivity contribution in [3.63, 3.8) is 0 Å². The number of hydrogen-bond acceptors (Lipinski definition) is 4. The van der Waals surface area contributed by atoms with Crippen molar-refractivity contribution in [1.29, 1.82) is 0 Å². The third-order valence-corrected chi connectivity index (χ3v) is 6.82. The van der Waals surface area contributed by atoms with E-state index in [1.165, 1.54) is 25.7 Å². The van der Waals surface area contributed by atoms with Crippen molar-refractivity contribution in [2.75, 3.05) is 19.8 Å². The summed E-state index contributed by atoms with van der Waals surface area (Å²) in [6, 6.07) is 0.918. The fourth-order valence-corrected chi connectivity index (χ4v) is 5.33. The molecule has 0 amide bonds. The van der Waals surface area contributed by atoms with Crippen LogP contribution < -0.4 is 0 Å². The molecular weight excluding hydrogens is 316 g/mol. The molecule has 0 saturated carbocycles. The maximum absolute atomic E-state index is 8.93. The summed E-state index contributed by atoms with van der Waals surface area (Å²) in [6.07, 6.45) is 8.81. The average molecular weight is 351 g/mol. The van der Waals surface area contributed by atoms with Gasteiger partial charge in [-0.25, -0.2) is 0 Å². The van der Waals surface area contributed by atoms with Gasteiger partial charge in [0, 0.05) is 32.3 Å². The van der Waals surface area contributed by atoms with Gasteiger partial charge in [-0.05, 0) is 45.8 Å². The molecule has 0 aliphatic rings. The predicted octanol–water partition coefficient (Wildman–Crippen LogP) is 5.04. The molecule has 0 atom stereocenters. The molecule has 1 N–H and O–H groups in total. The van der Waals surface area contributed by atoms with E-state index in [4.69, 9.17) is 18.4 Å². The van der Waals surface area contributed by atoms with E-state index in [1.54, 1.807) is 0 Å². The summed E-state index contributed by atoms with van der Waals surface area (Å²) >= 11 is 4.65. The van der Waals surface area contributed by atoms with Crippen LogP contribution in [0.1, 0.15) is 72.1 Å². The van der Waals surface area contributed by atoms with Gasteiger partial charge in [0.1, 0.15) is 0 Å². The molecule has 0 unspecified atom stereocenters. The standard InChI is InChI=1S/C16H34O4SSi/c1-4-18-22(19-5-2,20-6-3)15-13-11-9-7-8-10-12-14-16(17)21/h4-15H2,1-3H3,(H,17,21). The van der Waals surface area contributed by atoms with E-state index in [9.17, 15) is 0 Å². The summed E-state index contributed by atoms with van der Waals surface area (Å²) in [5.74, 6) is 0. The first-order valence-electron chi connectivity index (χ1n) is 8.73. The Hall–Kier alpha value is -0.0131. The van der Waals surface area contributed by atoms with E-state index >= 15 is 0 Å². The molecule has 4 nitrogen and oxygen atoms in total. The van der Waals surface area contributed by atoms with Crippen LogP contribution in [-0.2, 0) is 13.3 Å². The molecule has 132 valence electrons. The van der Waals surface area contributed by atoms with E-state index in [0.29, 0.717) is 26.2 Å². The van der Waals surface area contributed by atoms with Crippen LogP contribution in [0.5, 0.6) is 0 Å². The molecule has 0 radical (unpaired) electrons. The van der Waals surface area contributed by atoms with Gasteiger partial charge in [0.15, 0.2) is 5.05 Å². The summed E-state index contributed by atoms with van der Waals surface area (Å²) in [4.78, 5) is 0. The van der Waals surface area contributed by atoms with Crippen LogP contribution in [0.3, 0.4) is 0 Å². The maximum Gasteiger partial charge on any atom is 0.500 e. The first-order valence-corrected chi connectivity index (χ1v) is 11.1. The number of unbranched alkanes of at least 4 members (excludes halogenated alkanes) is 6. The zero-order valence-corrected chi connectivity index (χ0v) is 16.4. The van der Waals surface area contributed by atoms with E-state index in [0.717, 1.165) is 25.3 Å². The maximum atomic E-state index is 8.93. The minimum atomic E-state index is -2.43. The summed E-state index contributed by atoms with van der Waals surface area (Å²) in [7, 11) is -2.43. The highest BCUT2D eigenvalue weighted by Crippen LogP contribution is 2.20. The highest BCUT2D eigenvalue weighted by Gasteiger charge is 2.39. The van der Waals surface area contributed by atoms with Gasteiger partial charge in [-0.2, -0.15) is 0 Å². The number of hydrogen-bond donors (Lipinski definition) is 1. The number of aliphatic hydroxyl groups is 1. The summed E-state index contributed by atoms with van der Waals surface area (Å²) in [6.45, 7) is 7.95. The first kappa shape index (κ1) is 22.0. The normalized spacial score (nSPS) is 11.8. The number of rotatable bonds is 16. The molecule has 0 bridgehead atoms. The van der Waals surface area contributed by atoms with Crippen molar-refractivity contribution in [1.82, 2.24) is 0 Å². The van der Waals surface area contributed by atoms with Crippen molar-refractivity contribution in [2.24, 2.45) is 0 Å². The Morgan fingerprint density at radius 1 is 0.773 bits per heavy atom. The zero-order valence-electron chi connectivity index (χ0n) is 14.6. The molecule has 0 aromatic rings.